The van der Waals surface area contributed by atoms with Crippen LogP contribution < -0.4 is 11.1 Å². The zero-order chi connectivity index (χ0) is 13.1. The standard InChI is InChI=1S/C13H19BrN2O/c1-9-8-10(4-5-11(9)14)16-12(17)6-7-13(2,3)15/h4-5,8H,6-7,15H2,1-3H3,(H,16,17). The van der Waals surface area contributed by atoms with Crippen LogP contribution in [0.15, 0.2) is 22.7 Å². The Morgan fingerprint density at radius 3 is 2.65 bits per heavy atom. The van der Waals surface area contributed by atoms with Gasteiger partial charge in [-0.3, -0.25) is 4.79 Å². The van der Waals surface area contributed by atoms with E-state index in [9.17, 15) is 4.79 Å². The van der Waals surface area contributed by atoms with Crippen molar-refractivity contribution in [3.8, 4) is 0 Å². The van der Waals surface area contributed by atoms with Crippen LogP contribution in [0.2, 0.25) is 0 Å². The van der Waals surface area contributed by atoms with Crippen molar-refractivity contribution in [1.29, 1.82) is 0 Å². The van der Waals surface area contributed by atoms with Crippen molar-refractivity contribution in [2.45, 2.75) is 39.2 Å². The third-order valence-electron chi connectivity index (χ3n) is 2.44. The predicted octanol–water partition coefficient (Wildman–Crippen LogP) is 3.21. The molecule has 0 aliphatic rings. The largest absolute Gasteiger partial charge is 0.326 e. The van der Waals surface area contributed by atoms with Gasteiger partial charge in [0.25, 0.3) is 0 Å². The third-order valence-corrected chi connectivity index (χ3v) is 3.33. The summed E-state index contributed by atoms with van der Waals surface area (Å²) < 4.78 is 1.04. The first-order chi connectivity index (χ1) is 7.78. The molecule has 1 aromatic carbocycles. The van der Waals surface area contributed by atoms with Crippen LogP contribution in [0, 0.1) is 6.92 Å². The van der Waals surface area contributed by atoms with Crippen LogP contribution in [-0.2, 0) is 4.79 Å². The number of anilines is 1. The maximum Gasteiger partial charge on any atom is 0.224 e. The van der Waals surface area contributed by atoms with Crippen LogP contribution in [0.1, 0.15) is 32.3 Å². The van der Waals surface area contributed by atoms with Gasteiger partial charge in [0.2, 0.25) is 5.91 Å². The third kappa shape index (κ3) is 5.33. The van der Waals surface area contributed by atoms with Crippen LogP contribution in [0.5, 0.6) is 0 Å². The molecule has 0 saturated carbocycles. The van der Waals surface area contributed by atoms with Crippen LogP contribution >= 0.6 is 15.9 Å². The van der Waals surface area contributed by atoms with E-state index in [0.717, 1.165) is 15.7 Å². The molecule has 4 heteroatoms. The fourth-order valence-electron chi connectivity index (χ4n) is 1.38. The summed E-state index contributed by atoms with van der Waals surface area (Å²) in [5.41, 5.74) is 7.46. The Labute approximate surface area is 111 Å². The van der Waals surface area contributed by atoms with Crippen molar-refractivity contribution in [1.82, 2.24) is 0 Å². The quantitative estimate of drug-likeness (QED) is 0.897. The van der Waals surface area contributed by atoms with E-state index in [-0.39, 0.29) is 11.4 Å². The number of hydrogen-bond acceptors (Lipinski definition) is 2. The monoisotopic (exact) mass is 298 g/mol. The number of carbonyl (C=O) groups excluding carboxylic acids is 1. The molecule has 0 spiro atoms. The summed E-state index contributed by atoms with van der Waals surface area (Å²) in [6.45, 7) is 5.83. The number of rotatable bonds is 4. The van der Waals surface area contributed by atoms with Crippen LogP contribution in [0.4, 0.5) is 5.69 Å². The number of nitrogens with one attached hydrogen (secondary N) is 1. The Kier molecular flexibility index (Phi) is 4.71. The molecule has 1 amide bonds. The summed E-state index contributed by atoms with van der Waals surface area (Å²) in [6.07, 6.45) is 1.12. The molecule has 0 radical (unpaired) electrons. The van der Waals surface area contributed by atoms with Gasteiger partial charge in [-0.2, -0.15) is 0 Å². The Balaban J connectivity index is 2.54. The maximum atomic E-state index is 11.7. The van der Waals surface area contributed by atoms with Gasteiger partial charge in [0.05, 0.1) is 0 Å². The Hall–Kier alpha value is -0.870. The Bertz CT molecular complexity index is 410. The topological polar surface area (TPSA) is 55.1 Å². The van der Waals surface area contributed by atoms with Crippen molar-refractivity contribution in [2.24, 2.45) is 5.73 Å². The second-order valence-electron chi connectivity index (χ2n) is 5.00. The minimum atomic E-state index is -0.299. The molecular formula is C13H19BrN2O. The molecular weight excluding hydrogens is 280 g/mol. The Morgan fingerprint density at radius 1 is 1.47 bits per heavy atom. The number of amides is 1. The summed E-state index contributed by atoms with van der Waals surface area (Å²) in [6, 6.07) is 5.75. The summed E-state index contributed by atoms with van der Waals surface area (Å²) in [5, 5.41) is 2.87. The summed E-state index contributed by atoms with van der Waals surface area (Å²) in [5.74, 6) is 0.00486. The molecule has 0 aromatic heterocycles. The van der Waals surface area contributed by atoms with Gasteiger partial charge in [-0.1, -0.05) is 15.9 Å². The van der Waals surface area contributed by atoms with Crippen LogP contribution in [-0.4, -0.2) is 11.4 Å². The van der Waals surface area contributed by atoms with E-state index in [1.807, 2.05) is 39.0 Å². The molecule has 0 aliphatic carbocycles. The predicted molar refractivity (Wildman–Crippen MR) is 75.0 cm³/mol. The number of carbonyl (C=O) groups is 1. The smallest absolute Gasteiger partial charge is 0.224 e. The number of halogens is 1. The lowest BCUT2D eigenvalue weighted by Crippen LogP contribution is -2.33. The number of nitrogens with two attached hydrogens (primary N) is 1. The average Bonchev–Trinajstić information content (AvgIpc) is 2.20. The number of hydrogen-bond donors (Lipinski definition) is 2. The van der Waals surface area contributed by atoms with E-state index in [4.69, 9.17) is 5.73 Å². The van der Waals surface area contributed by atoms with Gasteiger partial charge < -0.3 is 11.1 Å². The van der Waals surface area contributed by atoms with Gasteiger partial charge in [0.1, 0.15) is 0 Å². The molecule has 3 N–H and O–H groups in total. The molecule has 0 aliphatic heterocycles. The van der Waals surface area contributed by atoms with Gasteiger partial charge in [-0.05, 0) is 51.0 Å². The highest BCUT2D eigenvalue weighted by Gasteiger charge is 2.13. The highest BCUT2D eigenvalue weighted by molar-refractivity contribution is 9.10. The van der Waals surface area contributed by atoms with Crippen molar-refractivity contribution in [3.05, 3.63) is 28.2 Å². The summed E-state index contributed by atoms with van der Waals surface area (Å²) in [7, 11) is 0. The molecule has 3 nitrogen and oxygen atoms in total. The molecule has 0 unspecified atom stereocenters. The maximum absolute atomic E-state index is 11.7. The van der Waals surface area contributed by atoms with Crippen molar-refractivity contribution < 1.29 is 4.79 Å². The second-order valence-corrected chi connectivity index (χ2v) is 5.86. The van der Waals surface area contributed by atoms with Gasteiger partial charge >= 0.3 is 0 Å². The first-order valence-corrected chi connectivity index (χ1v) is 6.42. The lowest BCUT2D eigenvalue weighted by Gasteiger charge is -2.17. The van der Waals surface area contributed by atoms with Gasteiger partial charge in [0.15, 0.2) is 0 Å². The first-order valence-electron chi connectivity index (χ1n) is 5.63. The zero-order valence-electron chi connectivity index (χ0n) is 10.5. The fraction of sp³-hybridized carbons (Fsp3) is 0.462. The highest BCUT2D eigenvalue weighted by Crippen LogP contribution is 2.20. The first kappa shape index (κ1) is 14.2. The molecule has 0 atom stereocenters. The SMILES string of the molecule is Cc1cc(NC(=O)CCC(C)(C)N)ccc1Br. The van der Waals surface area contributed by atoms with Crippen LogP contribution in [0.25, 0.3) is 0 Å². The van der Waals surface area contributed by atoms with E-state index < -0.39 is 0 Å². The number of benzene rings is 1. The van der Waals surface area contributed by atoms with E-state index in [1.54, 1.807) is 0 Å². The molecule has 0 saturated heterocycles. The van der Waals surface area contributed by atoms with Crippen LogP contribution in [0.3, 0.4) is 0 Å². The number of aryl methyl sites for hydroxylation is 1. The van der Waals surface area contributed by atoms with E-state index in [1.165, 1.54) is 0 Å². The Morgan fingerprint density at radius 2 is 2.12 bits per heavy atom. The second kappa shape index (κ2) is 5.65. The minimum absolute atomic E-state index is 0.00486. The van der Waals surface area contributed by atoms with E-state index in [2.05, 4.69) is 21.2 Å². The van der Waals surface area contributed by atoms with Crippen molar-refractivity contribution >= 4 is 27.5 Å². The summed E-state index contributed by atoms with van der Waals surface area (Å²) >= 11 is 3.42. The zero-order valence-corrected chi connectivity index (χ0v) is 12.1. The molecule has 1 rings (SSSR count). The van der Waals surface area contributed by atoms with Gasteiger partial charge in [-0.25, -0.2) is 0 Å². The molecule has 0 fully saturated rings. The van der Waals surface area contributed by atoms with Gasteiger partial charge in [0, 0.05) is 22.1 Å². The van der Waals surface area contributed by atoms with Crippen molar-refractivity contribution in [3.63, 3.8) is 0 Å². The molecule has 1 aromatic rings. The normalized spacial score (nSPS) is 11.4. The van der Waals surface area contributed by atoms with E-state index in [0.29, 0.717) is 12.8 Å². The summed E-state index contributed by atoms with van der Waals surface area (Å²) in [4.78, 5) is 11.7. The molecule has 17 heavy (non-hydrogen) atoms. The average molecular weight is 299 g/mol. The molecule has 94 valence electrons. The molecule has 0 heterocycles. The van der Waals surface area contributed by atoms with Gasteiger partial charge in [-0.15, -0.1) is 0 Å². The van der Waals surface area contributed by atoms with Crippen molar-refractivity contribution in [2.75, 3.05) is 5.32 Å². The fourth-order valence-corrected chi connectivity index (χ4v) is 1.63. The van der Waals surface area contributed by atoms with E-state index >= 15 is 0 Å². The lowest BCUT2D eigenvalue weighted by molar-refractivity contribution is -0.116. The molecule has 0 bridgehead atoms. The minimum Gasteiger partial charge on any atom is -0.326 e. The lowest BCUT2D eigenvalue weighted by atomic mass is 10.00. The highest BCUT2D eigenvalue weighted by atomic mass is 79.9.